The van der Waals surface area contributed by atoms with Gasteiger partial charge in [-0.2, -0.15) is 0 Å². The molecule has 0 amide bonds. The number of ether oxygens (including phenoxy) is 2. The first-order valence-corrected chi connectivity index (χ1v) is 4.44. The summed E-state index contributed by atoms with van der Waals surface area (Å²) in [4.78, 5) is 0. The summed E-state index contributed by atoms with van der Waals surface area (Å²) in [5.41, 5.74) is -1.66. The SMILES string of the molecule is [B]C([B])(O)C[C@]1([B])OC(C)(C)OC1([B])[B]. The molecule has 1 heterocycles. The van der Waals surface area contributed by atoms with Gasteiger partial charge in [-0.25, -0.2) is 0 Å². The molecule has 15 heavy (non-hydrogen) atoms. The number of rotatable bonds is 2. The van der Waals surface area contributed by atoms with Gasteiger partial charge < -0.3 is 14.6 Å². The predicted molar refractivity (Wildman–Crippen MR) is 60.0 cm³/mol. The van der Waals surface area contributed by atoms with Crippen LogP contribution in [0.25, 0.3) is 0 Å². The Morgan fingerprint density at radius 2 is 1.60 bits per heavy atom. The lowest BCUT2D eigenvalue weighted by molar-refractivity contribution is -0.152. The highest BCUT2D eigenvalue weighted by Crippen LogP contribution is 2.42. The Morgan fingerprint density at radius 1 is 1.13 bits per heavy atom. The Kier molecular flexibility index (Phi) is 2.96. The first-order valence-electron chi connectivity index (χ1n) is 4.44. The highest BCUT2D eigenvalue weighted by Gasteiger charge is 2.54. The van der Waals surface area contributed by atoms with Crippen LogP contribution >= 0.6 is 0 Å². The summed E-state index contributed by atoms with van der Waals surface area (Å²) in [5.74, 6) is -1.07. The second kappa shape index (κ2) is 3.35. The van der Waals surface area contributed by atoms with Gasteiger partial charge in [0, 0.05) is 10.9 Å². The highest BCUT2D eigenvalue weighted by atomic mass is 16.8. The number of hydrogen-bond acceptors (Lipinski definition) is 3. The van der Waals surface area contributed by atoms with Gasteiger partial charge in [0.05, 0.1) is 15.7 Å². The Morgan fingerprint density at radius 3 is 1.87 bits per heavy atom. The lowest BCUT2D eigenvalue weighted by Gasteiger charge is -2.40. The molecule has 1 rings (SSSR count). The number of aliphatic hydroxyl groups is 1. The summed E-state index contributed by atoms with van der Waals surface area (Å²) in [5, 5.41) is 5.46. The summed E-state index contributed by atoms with van der Waals surface area (Å²) < 4.78 is 10.5. The molecule has 1 fully saturated rings. The summed E-state index contributed by atoms with van der Waals surface area (Å²) in [6.07, 6.45) is -0.365. The molecule has 0 aromatic carbocycles. The molecule has 0 unspecified atom stereocenters. The van der Waals surface area contributed by atoms with E-state index in [0.29, 0.717) is 0 Å². The van der Waals surface area contributed by atoms with Crippen LogP contribution in [0, 0.1) is 0 Å². The second-order valence-corrected chi connectivity index (χ2v) is 4.45. The van der Waals surface area contributed by atoms with Crippen LogP contribution in [0.3, 0.4) is 0 Å². The first kappa shape index (κ1) is 13.3. The van der Waals surface area contributed by atoms with Gasteiger partial charge in [-0.15, -0.1) is 0 Å². The Labute approximate surface area is 96.7 Å². The molecule has 1 saturated heterocycles. The van der Waals surface area contributed by atoms with Gasteiger partial charge in [0.15, 0.2) is 5.79 Å². The minimum Gasteiger partial charge on any atom is -0.409 e. The molecule has 0 bridgehead atoms. The van der Waals surface area contributed by atoms with E-state index in [1.165, 1.54) is 0 Å². The smallest absolute Gasteiger partial charge is 0.161 e. The topological polar surface area (TPSA) is 38.7 Å². The minimum atomic E-state index is -2.04. The van der Waals surface area contributed by atoms with Crippen molar-refractivity contribution in [2.24, 2.45) is 0 Å². The lowest BCUT2D eigenvalue weighted by Crippen LogP contribution is -2.57. The van der Waals surface area contributed by atoms with Crippen LogP contribution in [0.4, 0.5) is 0 Å². The van der Waals surface area contributed by atoms with Gasteiger partial charge in [0.25, 0.3) is 0 Å². The summed E-state index contributed by atoms with van der Waals surface area (Å²) in [7, 11) is 27.5. The van der Waals surface area contributed by atoms with E-state index in [0.717, 1.165) is 0 Å². The first-order chi connectivity index (χ1) is 6.37. The van der Waals surface area contributed by atoms with Crippen molar-refractivity contribution in [3.8, 4) is 0 Å². The third-order valence-corrected chi connectivity index (χ3v) is 2.05. The summed E-state index contributed by atoms with van der Waals surface area (Å²) >= 11 is 0. The summed E-state index contributed by atoms with van der Waals surface area (Å²) in [6, 6.07) is 0. The zero-order valence-corrected chi connectivity index (χ0v) is 8.86. The van der Waals surface area contributed by atoms with E-state index in [1.807, 2.05) is 0 Å². The van der Waals surface area contributed by atoms with Crippen LogP contribution in [-0.4, -0.2) is 66.4 Å². The van der Waals surface area contributed by atoms with Gasteiger partial charge in [-0.05, 0) is 25.7 Å². The van der Waals surface area contributed by atoms with Crippen LogP contribution in [0.2, 0.25) is 0 Å². The zero-order valence-electron chi connectivity index (χ0n) is 8.86. The average molecular weight is 195 g/mol. The van der Waals surface area contributed by atoms with Crippen molar-refractivity contribution in [2.45, 2.75) is 42.4 Å². The lowest BCUT2D eigenvalue weighted by atomic mass is 9.44. The Bertz CT molecular complexity index is 262. The van der Waals surface area contributed by atoms with E-state index >= 15 is 0 Å². The molecular weight excluding hydrogens is 186 g/mol. The van der Waals surface area contributed by atoms with Gasteiger partial charge in [-0.3, -0.25) is 0 Å². The van der Waals surface area contributed by atoms with Crippen molar-refractivity contribution in [3.63, 3.8) is 0 Å². The fourth-order valence-electron chi connectivity index (χ4n) is 1.63. The molecule has 70 valence electrons. The molecular formula is C7H9B5O3. The van der Waals surface area contributed by atoms with Gasteiger partial charge >= 0.3 is 0 Å². The van der Waals surface area contributed by atoms with Crippen LogP contribution in [0.5, 0.6) is 0 Å². The zero-order chi connectivity index (χ0) is 12.1. The highest BCUT2D eigenvalue weighted by molar-refractivity contribution is 6.45. The predicted octanol–water partition coefficient (Wildman–Crippen LogP) is -2.00. The average Bonchev–Trinajstić information content (AvgIpc) is 1.88. The van der Waals surface area contributed by atoms with Crippen molar-refractivity contribution in [1.29, 1.82) is 0 Å². The minimum absolute atomic E-state index is 0.365. The molecule has 10 radical (unpaired) electrons. The Balaban J connectivity index is 2.93. The van der Waals surface area contributed by atoms with E-state index in [9.17, 15) is 5.11 Å². The van der Waals surface area contributed by atoms with Crippen molar-refractivity contribution in [3.05, 3.63) is 0 Å². The quantitative estimate of drug-likeness (QED) is 0.518. The third kappa shape index (κ3) is 2.86. The summed E-state index contributed by atoms with van der Waals surface area (Å²) in [6.45, 7) is 3.17. The van der Waals surface area contributed by atoms with Crippen molar-refractivity contribution < 1.29 is 14.6 Å². The number of hydrogen-bond donors (Lipinski definition) is 1. The molecule has 8 heteroatoms. The van der Waals surface area contributed by atoms with Crippen molar-refractivity contribution >= 4 is 39.2 Å². The maximum Gasteiger partial charge on any atom is 0.161 e. The molecule has 1 aliphatic rings. The molecule has 0 aromatic heterocycles. The van der Waals surface area contributed by atoms with Gasteiger partial charge in [0.2, 0.25) is 0 Å². The Hall–Kier alpha value is 0.205. The normalized spacial score (nSPS) is 34.1. The molecule has 1 atom stereocenters. The van der Waals surface area contributed by atoms with Gasteiger partial charge in [0.1, 0.15) is 23.5 Å². The largest absolute Gasteiger partial charge is 0.409 e. The van der Waals surface area contributed by atoms with Crippen LogP contribution in [-0.2, 0) is 9.47 Å². The maximum atomic E-state index is 9.27. The molecule has 1 aliphatic heterocycles. The fraction of sp³-hybridized carbons (Fsp3) is 1.00. The second-order valence-electron chi connectivity index (χ2n) is 4.45. The third-order valence-electron chi connectivity index (χ3n) is 2.05. The standard InChI is InChI=1S/C7H9B5O3/c1-4(2)14-5(8,3-6(9,10)13)7(11,12)15-4/h13H,3H2,1-2H3/t5-/m0/s1. The monoisotopic (exact) mass is 196 g/mol. The molecule has 0 aromatic rings. The van der Waals surface area contributed by atoms with Crippen molar-refractivity contribution in [2.75, 3.05) is 0 Å². The molecule has 0 saturated carbocycles. The molecule has 1 N–H and O–H groups in total. The fourth-order valence-corrected chi connectivity index (χ4v) is 1.63. The van der Waals surface area contributed by atoms with E-state index in [-0.39, 0.29) is 6.42 Å². The van der Waals surface area contributed by atoms with Gasteiger partial charge in [-0.1, -0.05) is 0 Å². The molecule has 3 nitrogen and oxygen atoms in total. The van der Waals surface area contributed by atoms with E-state index in [1.54, 1.807) is 13.8 Å². The van der Waals surface area contributed by atoms with E-state index in [2.05, 4.69) is 0 Å². The maximum absolute atomic E-state index is 9.27. The van der Waals surface area contributed by atoms with Crippen LogP contribution in [0.1, 0.15) is 20.3 Å². The molecule has 0 aliphatic carbocycles. The van der Waals surface area contributed by atoms with Crippen molar-refractivity contribution in [1.82, 2.24) is 0 Å². The van der Waals surface area contributed by atoms with E-state index < -0.39 is 22.1 Å². The van der Waals surface area contributed by atoms with Crippen LogP contribution in [0.15, 0.2) is 0 Å². The molecule has 0 spiro atoms. The van der Waals surface area contributed by atoms with Crippen LogP contribution < -0.4 is 0 Å². The van der Waals surface area contributed by atoms with E-state index in [4.69, 9.17) is 48.7 Å².